The molecule has 4 N–H and O–H groups in total. The molecule has 4 aromatic carbocycles. The number of carbonyl (C=O) groups is 2. The summed E-state index contributed by atoms with van der Waals surface area (Å²) in [6.07, 6.45) is 2.36. The van der Waals surface area contributed by atoms with Gasteiger partial charge in [0.25, 0.3) is 5.91 Å². The summed E-state index contributed by atoms with van der Waals surface area (Å²) in [6.45, 7) is 2.09. The van der Waals surface area contributed by atoms with Crippen LogP contribution in [0.25, 0.3) is 22.0 Å². The summed E-state index contributed by atoms with van der Waals surface area (Å²) in [7, 11) is 0. The van der Waals surface area contributed by atoms with Crippen molar-refractivity contribution >= 4 is 22.7 Å². The van der Waals surface area contributed by atoms with Gasteiger partial charge in [-0.15, -0.1) is 0 Å². The molecule has 2 amide bonds. The number of pyridine rings is 1. The van der Waals surface area contributed by atoms with Crippen LogP contribution in [0.1, 0.15) is 53.6 Å². The van der Waals surface area contributed by atoms with Gasteiger partial charge in [0.05, 0.1) is 6.10 Å². The third-order valence-corrected chi connectivity index (χ3v) is 7.77. The Morgan fingerprint density at radius 2 is 1.48 bits per heavy atom. The number of hydrogen-bond donors (Lipinski definition) is 4. The van der Waals surface area contributed by atoms with Crippen molar-refractivity contribution in [3.63, 3.8) is 0 Å². The number of rotatable bonds is 12. The number of phenols is 1. The summed E-state index contributed by atoms with van der Waals surface area (Å²) in [4.78, 5) is 31.0. The summed E-state index contributed by atoms with van der Waals surface area (Å²) < 4.78 is 0. The zero-order valence-electron chi connectivity index (χ0n) is 24.7. The number of nitrogens with one attached hydrogen (secondary N) is 2. The Bertz CT molecular complexity index is 1670. The van der Waals surface area contributed by atoms with Gasteiger partial charge in [-0.25, -0.2) is 0 Å². The van der Waals surface area contributed by atoms with Crippen LogP contribution in [0.5, 0.6) is 5.75 Å². The summed E-state index contributed by atoms with van der Waals surface area (Å²) >= 11 is 0. The van der Waals surface area contributed by atoms with Crippen LogP contribution < -0.4 is 10.6 Å². The largest absolute Gasteiger partial charge is 0.506 e. The maximum atomic E-state index is 13.4. The number of aromatic hydroxyl groups is 1. The first-order valence-corrected chi connectivity index (χ1v) is 14.9. The number of aliphatic hydroxyl groups is 1. The Balaban J connectivity index is 1.28. The first-order valence-electron chi connectivity index (χ1n) is 14.9. The van der Waals surface area contributed by atoms with Crippen molar-refractivity contribution in [3.05, 3.63) is 132 Å². The topological polar surface area (TPSA) is 112 Å². The maximum Gasteiger partial charge on any atom is 0.251 e. The highest BCUT2D eigenvalue weighted by atomic mass is 16.3. The van der Waals surface area contributed by atoms with Gasteiger partial charge in [-0.1, -0.05) is 78.9 Å². The van der Waals surface area contributed by atoms with Gasteiger partial charge in [0.1, 0.15) is 17.3 Å². The monoisotopic (exact) mass is 587 g/mol. The van der Waals surface area contributed by atoms with Gasteiger partial charge in [0.15, 0.2) is 0 Å². The van der Waals surface area contributed by atoms with Crippen LogP contribution in [-0.2, 0) is 4.79 Å². The van der Waals surface area contributed by atoms with Crippen molar-refractivity contribution in [2.45, 2.75) is 44.2 Å². The molecular formula is C37H37N3O4. The Morgan fingerprint density at radius 1 is 0.773 bits per heavy atom. The highest BCUT2D eigenvalue weighted by molar-refractivity contribution is 5.99. The number of carbonyl (C=O) groups excluding carboxylic acids is 2. The standard InChI is InChI=1S/C37H37N3O4/c1-25(41)17-18-33(37(44)39-21-19-32(26-10-4-2-5-11-26)27-12-6-3-7-13-27)40-36(43)30-15-8-14-28(22-30)31-23-29-16-9-20-38-35(29)34(42)24-31/h2-16,20,22-25,32-33,41-42H,17-19,21H2,1H3,(H,39,44)(H,40,43). The quantitative estimate of drug-likeness (QED) is 0.139. The predicted molar refractivity (Wildman–Crippen MR) is 173 cm³/mol. The number of fused-ring (bicyclic) bond motifs is 1. The molecule has 0 saturated heterocycles. The Labute approximate surface area is 257 Å². The Hall–Kier alpha value is -5.01. The highest BCUT2D eigenvalue weighted by Crippen LogP contribution is 2.31. The van der Waals surface area contributed by atoms with Gasteiger partial charge in [-0.3, -0.25) is 14.6 Å². The van der Waals surface area contributed by atoms with Gasteiger partial charge in [0, 0.05) is 29.6 Å². The predicted octanol–water partition coefficient (Wildman–Crippen LogP) is 6.21. The molecule has 1 heterocycles. The van der Waals surface area contributed by atoms with E-state index in [0.29, 0.717) is 36.9 Å². The second kappa shape index (κ2) is 14.4. The van der Waals surface area contributed by atoms with Crippen molar-refractivity contribution in [1.29, 1.82) is 0 Å². The van der Waals surface area contributed by atoms with Crippen LogP contribution in [0.15, 0.2) is 115 Å². The van der Waals surface area contributed by atoms with E-state index in [0.717, 1.165) is 16.5 Å². The smallest absolute Gasteiger partial charge is 0.251 e. The van der Waals surface area contributed by atoms with E-state index < -0.39 is 18.1 Å². The molecule has 5 aromatic rings. The molecule has 0 saturated carbocycles. The van der Waals surface area contributed by atoms with Gasteiger partial charge in [-0.2, -0.15) is 0 Å². The van der Waals surface area contributed by atoms with Crippen molar-refractivity contribution in [2.24, 2.45) is 0 Å². The zero-order valence-corrected chi connectivity index (χ0v) is 24.7. The van der Waals surface area contributed by atoms with E-state index in [1.165, 1.54) is 11.1 Å². The number of aromatic nitrogens is 1. The van der Waals surface area contributed by atoms with Crippen molar-refractivity contribution < 1.29 is 19.8 Å². The highest BCUT2D eigenvalue weighted by Gasteiger charge is 2.23. The fourth-order valence-corrected chi connectivity index (χ4v) is 5.46. The van der Waals surface area contributed by atoms with E-state index in [1.54, 1.807) is 43.5 Å². The van der Waals surface area contributed by atoms with Crippen molar-refractivity contribution in [1.82, 2.24) is 15.6 Å². The first-order chi connectivity index (χ1) is 21.4. The van der Waals surface area contributed by atoms with Crippen LogP contribution in [-0.4, -0.2) is 45.7 Å². The molecule has 0 aliphatic carbocycles. The molecule has 2 atom stereocenters. The molecule has 5 rings (SSSR count). The van der Waals surface area contributed by atoms with Crippen molar-refractivity contribution in [2.75, 3.05) is 6.54 Å². The SMILES string of the molecule is CC(O)CCC(NC(=O)c1cccc(-c2cc(O)c3ncccc3c2)c1)C(=O)NCCC(c1ccccc1)c1ccccc1. The van der Waals surface area contributed by atoms with E-state index in [2.05, 4.69) is 39.9 Å². The number of amides is 2. The molecule has 224 valence electrons. The minimum atomic E-state index is -0.816. The second-order valence-corrected chi connectivity index (χ2v) is 11.1. The van der Waals surface area contributed by atoms with Crippen molar-refractivity contribution in [3.8, 4) is 16.9 Å². The molecule has 0 bridgehead atoms. The minimum Gasteiger partial charge on any atom is -0.506 e. The van der Waals surface area contributed by atoms with Gasteiger partial charge in [-0.05, 0) is 78.8 Å². The molecule has 1 aromatic heterocycles. The van der Waals surface area contributed by atoms with E-state index in [-0.39, 0.29) is 17.6 Å². The fraction of sp³-hybridized carbons (Fsp3) is 0.216. The van der Waals surface area contributed by atoms with E-state index in [1.807, 2.05) is 54.6 Å². The summed E-state index contributed by atoms with van der Waals surface area (Å²) in [6, 6.07) is 33.9. The number of aliphatic hydroxyl groups excluding tert-OH is 1. The van der Waals surface area contributed by atoms with Gasteiger partial charge >= 0.3 is 0 Å². The maximum absolute atomic E-state index is 13.4. The van der Waals surface area contributed by atoms with Crippen LogP contribution in [0.3, 0.4) is 0 Å². The average Bonchev–Trinajstić information content (AvgIpc) is 3.05. The number of phenolic OH excluding ortho intramolecular Hbond substituents is 1. The summed E-state index contributed by atoms with van der Waals surface area (Å²) in [5.41, 5.74) is 4.72. The minimum absolute atomic E-state index is 0.0598. The lowest BCUT2D eigenvalue weighted by molar-refractivity contribution is -0.123. The van der Waals surface area contributed by atoms with Crippen LogP contribution >= 0.6 is 0 Å². The lowest BCUT2D eigenvalue weighted by Crippen LogP contribution is -2.47. The summed E-state index contributed by atoms with van der Waals surface area (Å²) in [5, 5.41) is 27.1. The second-order valence-electron chi connectivity index (χ2n) is 11.1. The molecule has 0 radical (unpaired) electrons. The lowest BCUT2D eigenvalue weighted by Gasteiger charge is -2.22. The molecule has 2 unspecified atom stereocenters. The average molecular weight is 588 g/mol. The van der Waals surface area contributed by atoms with Gasteiger partial charge in [0.2, 0.25) is 5.91 Å². The normalized spacial score (nSPS) is 12.5. The van der Waals surface area contributed by atoms with Crippen LogP contribution in [0.2, 0.25) is 0 Å². The third-order valence-electron chi connectivity index (χ3n) is 7.77. The van der Waals surface area contributed by atoms with Gasteiger partial charge < -0.3 is 20.8 Å². The molecule has 7 nitrogen and oxygen atoms in total. The molecule has 7 heteroatoms. The van der Waals surface area contributed by atoms with Crippen LogP contribution in [0, 0.1) is 0 Å². The first kappa shape index (κ1) is 30.4. The molecular weight excluding hydrogens is 550 g/mol. The third kappa shape index (κ3) is 7.68. The Kier molecular flexibility index (Phi) is 10.00. The summed E-state index contributed by atoms with van der Waals surface area (Å²) in [5.74, 6) is -0.515. The molecule has 0 fully saturated rings. The Morgan fingerprint density at radius 3 is 2.16 bits per heavy atom. The van der Waals surface area contributed by atoms with E-state index in [4.69, 9.17) is 0 Å². The van der Waals surface area contributed by atoms with Crippen LogP contribution in [0.4, 0.5) is 0 Å². The molecule has 0 spiro atoms. The molecule has 0 aliphatic heterocycles. The molecule has 0 aliphatic rings. The number of hydrogen-bond acceptors (Lipinski definition) is 5. The number of benzene rings is 4. The zero-order chi connectivity index (χ0) is 30.9. The lowest BCUT2D eigenvalue weighted by atomic mass is 9.88. The van der Waals surface area contributed by atoms with E-state index >= 15 is 0 Å². The van der Waals surface area contributed by atoms with E-state index in [9.17, 15) is 19.8 Å². The number of nitrogens with zero attached hydrogens (tertiary/aromatic N) is 1. The molecule has 44 heavy (non-hydrogen) atoms. The fourth-order valence-electron chi connectivity index (χ4n) is 5.46.